The van der Waals surface area contributed by atoms with E-state index in [4.69, 9.17) is 4.74 Å². The van der Waals surface area contributed by atoms with Gasteiger partial charge in [0.05, 0.1) is 12.0 Å². The Kier molecular flexibility index (Phi) is 3.41. The van der Waals surface area contributed by atoms with E-state index in [9.17, 15) is 19.8 Å². The molecular weight excluding hydrogens is 308 g/mol. The van der Waals surface area contributed by atoms with Crippen LogP contribution in [0.25, 0.3) is 0 Å². The molecule has 0 amide bonds. The first kappa shape index (κ1) is 16.1. The zero-order valence-corrected chi connectivity index (χ0v) is 14.2. The monoisotopic (exact) mass is 334 g/mol. The minimum Gasteiger partial charge on any atom is -0.481 e. The highest BCUT2D eigenvalue weighted by Crippen LogP contribution is 2.73. The predicted molar refractivity (Wildman–Crippen MR) is 86.0 cm³/mol. The van der Waals surface area contributed by atoms with E-state index in [0.717, 1.165) is 25.7 Å². The molecule has 2 bridgehead atoms. The fraction of sp³-hybridized carbons (Fsp3) is 0.789. The third-order valence-corrected chi connectivity index (χ3v) is 7.49. The van der Waals surface area contributed by atoms with Crippen molar-refractivity contribution < 1.29 is 24.5 Å². The lowest BCUT2D eigenvalue weighted by Gasteiger charge is -2.47. The van der Waals surface area contributed by atoms with Crippen LogP contribution in [0.4, 0.5) is 0 Å². The van der Waals surface area contributed by atoms with Gasteiger partial charge < -0.3 is 14.9 Å². The summed E-state index contributed by atoms with van der Waals surface area (Å²) in [6, 6.07) is 0. The summed E-state index contributed by atoms with van der Waals surface area (Å²) in [6.07, 6.45) is 4.55. The fourth-order valence-corrected chi connectivity index (χ4v) is 6.98. The summed E-state index contributed by atoms with van der Waals surface area (Å²) in [4.78, 5) is 24.2. The van der Waals surface area contributed by atoms with Crippen LogP contribution in [0.5, 0.6) is 0 Å². The third kappa shape index (κ3) is 1.91. The number of rotatable bonds is 2. The summed E-state index contributed by atoms with van der Waals surface area (Å²) in [6.45, 7) is 5.63. The predicted octanol–water partition coefficient (Wildman–Crippen LogP) is 2.53. The molecule has 4 saturated carbocycles. The van der Waals surface area contributed by atoms with Crippen LogP contribution < -0.4 is 0 Å². The Hall–Kier alpha value is -1.36. The molecule has 4 fully saturated rings. The van der Waals surface area contributed by atoms with Gasteiger partial charge in [0.15, 0.2) is 0 Å². The van der Waals surface area contributed by atoms with Gasteiger partial charge in [-0.2, -0.15) is 0 Å². The molecule has 1 spiro atoms. The van der Waals surface area contributed by atoms with Gasteiger partial charge >= 0.3 is 11.9 Å². The first-order valence-corrected chi connectivity index (χ1v) is 9.08. The first-order valence-electron chi connectivity index (χ1n) is 9.08. The second-order valence-electron chi connectivity index (χ2n) is 8.50. The molecule has 0 saturated heterocycles. The maximum Gasteiger partial charge on any atom is 0.307 e. The number of carboxylic acids is 1. The number of aliphatic hydroxyl groups is 1. The van der Waals surface area contributed by atoms with Crippen LogP contribution in [0.15, 0.2) is 12.2 Å². The molecule has 24 heavy (non-hydrogen) atoms. The summed E-state index contributed by atoms with van der Waals surface area (Å²) in [7, 11) is 0. The van der Waals surface area contributed by atoms with Gasteiger partial charge in [0.25, 0.3) is 0 Å². The number of allylic oxidation sites excluding steroid dienone is 1. The van der Waals surface area contributed by atoms with E-state index >= 15 is 0 Å². The zero-order valence-electron chi connectivity index (χ0n) is 14.2. The molecule has 2 N–H and O–H groups in total. The van der Waals surface area contributed by atoms with E-state index in [2.05, 4.69) is 6.58 Å². The van der Waals surface area contributed by atoms with Gasteiger partial charge in [0, 0.05) is 18.8 Å². The Labute approximate surface area is 142 Å². The van der Waals surface area contributed by atoms with E-state index in [1.165, 1.54) is 12.5 Å². The minimum atomic E-state index is -0.802. The van der Waals surface area contributed by atoms with Gasteiger partial charge in [-0.15, -0.1) is 0 Å². The van der Waals surface area contributed by atoms with Crippen molar-refractivity contribution in [1.82, 2.24) is 0 Å². The maximum absolute atomic E-state index is 12.3. The number of aliphatic carboxylic acids is 1. The van der Waals surface area contributed by atoms with E-state index in [0.29, 0.717) is 25.2 Å². The molecule has 132 valence electrons. The number of hydrogen-bond acceptors (Lipinski definition) is 4. The van der Waals surface area contributed by atoms with Crippen molar-refractivity contribution in [1.29, 1.82) is 0 Å². The van der Waals surface area contributed by atoms with Crippen molar-refractivity contribution in [3.63, 3.8) is 0 Å². The molecule has 0 aromatic heterocycles. The number of fused-ring (bicyclic) bond motifs is 3. The Morgan fingerprint density at radius 1 is 1.29 bits per heavy atom. The van der Waals surface area contributed by atoms with Crippen LogP contribution in [-0.4, -0.2) is 33.9 Å². The van der Waals surface area contributed by atoms with E-state index in [-0.39, 0.29) is 23.2 Å². The van der Waals surface area contributed by atoms with Crippen molar-refractivity contribution in [2.45, 2.75) is 63.6 Å². The van der Waals surface area contributed by atoms with Gasteiger partial charge in [0.2, 0.25) is 0 Å². The number of carbonyl (C=O) groups excluding carboxylic acids is 1. The first-order chi connectivity index (χ1) is 11.3. The summed E-state index contributed by atoms with van der Waals surface area (Å²) in [5, 5.41) is 20.3. The number of ether oxygens (including phenoxy) is 1. The molecule has 4 aliphatic carbocycles. The standard InChI is InChI=1S/C19H26O5/c1-10-8-18-9-12(10)3-4-15(18)19(24-11(2)20)6-5-13(21)7-14(19)16(18)17(22)23/h12-16,21H,1,3-9H2,2H3,(H,22,23). The molecule has 0 radical (unpaired) electrons. The van der Waals surface area contributed by atoms with Gasteiger partial charge in [-0.1, -0.05) is 12.2 Å². The van der Waals surface area contributed by atoms with Crippen LogP contribution in [-0.2, 0) is 14.3 Å². The largest absolute Gasteiger partial charge is 0.481 e. The average molecular weight is 334 g/mol. The molecule has 0 heterocycles. The van der Waals surface area contributed by atoms with E-state index < -0.39 is 23.6 Å². The quantitative estimate of drug-likeness (QED) is 0.599. The van der Waals surface area contributed by atoms with Crippen LogP contribution in [0.1, 0.15) is 51.9 Å². The number of aliphatic hydroxyl groups excluding tert-OH is 1. The molecule has 5 nitrogen and oxygen atoms in total. The number of carbonyl (C=O) groups is 2. The molecule has 7 atom stereocenters. The normalized spacial score (nSPS) is 49.4. The zero-order chi connectivity index (χ0) is 17.3. The molecule has 7 unspecified atom stereocenters. The van der Waals surface area contributed by atoms with Crippen LogP contribution >= 0.6 is 0 Å². The summed E-state index contributed by atoms with van der Waals surface area (Å²) in [5.74, 6) is -1.51. The second-order valence-corrected chi connectivity index (χ2v) is 8.50. The Bertz CT molecular complexity index is 613. The number of hydrogen-bond donors (Lipinski definition) is 2. The Morgan fingerprint density at radius 3 is 2.71 bits per heavy atom. The summed E-state index contributed by atoms with van der Waals surface area (Å²) >= 11 is 0. The summed E-state index contributed by atoms with van der Waals surface area (Å²) < 4.78 is 5.94. The maximum atomic E-state index is 12.3. The lowest BCUT2D eigenvalue weighted by molar-refractivity contribution is -0.182. The van der Waals surface area contributed by atoms with Gasteiger partial charge in [0.1, 0.15) is 5.60 Å². The molecule has 0 aromatic carbocycles. The lowest BCUT2D eigenvalue weighted by Crippen LogP contribution is -2.51. The van der Waals surface area contributed by atoms with Crippen molar-refractivity contribution in [3.05, 3.63) is 12.2 Å². The van der Waals surface area contributed by atoms with Crippen molar-refractivity contribution >= 4 is 11.9 Å². The SMILES string of the molecule is C=C1CC23CC1CCC2C1(OC(C)=O)CCC(O)CC1C3C(=O)O. The highest BCUT2D eigenvalue weighted by molar-refractivity contribution is 5.74. The van der Waals surface area contributed by atoms with Crippen LogP contribution in [0.3, 0.4) is 0 Å². The molecule has 4 aliphatic rings. The number of carboxylic acid groups (broad SMARTS) is 1. The van der Waals surface area contributed by atoms with E-state index in [1.807, 2.05) is 0 Å². The highest BCUT2D eigenvalue weighted by atomic mass is 16.6. The smallest absolute Gasteiger partial charge is 0.307 e. The summed E-state index contributed by atoms with van der Waals surface area (Å²) in [5.41, 5.74) is 0.0978. The highest BCUT2D eigenvalue weighted by Gasteiger charge is 2.74. The minimum absolute atomic E-state index is 0.0722. The molecule has 0 aliphatic heterocycles. The van der Waals surface area contributed by atoms with Crippen LogP contribution in [0, 0.1) is 29.1 Å². The lowest BCUT2D eigenvalue weighted by atomic mass is 9.63. The fourth-order valence-electron chi connectivity index (χ4n) is 6.98. The number of esters is 1. The molecular formula is C19H26O5. The molecule has 0 aromatic rings. The van der Waals surface area contributed by atoms with Crippen LogP contribution in [0.2, 0.25) is 0 Å². The Balaban J connectivity index is 1.87. The van der Waals surface area contributed by atoms with Gasteiger partial charge in [-0.05, 0) is 56.3 Å². The van der Waals surface area contributed by atoms with Gasteiger partial charge in [-0.3, -0.25) is 9.59 Å². The van der Waals surface area contributed by atoms with E-state index in [1.54, 1.807) is 0 Å². The topological polar surface area (TPSA) is 83.8 Å². The second kappa shape index (κ2) is 5.07. The Morgan fingerprint density at radius 2 is 2.04 bits per heavy atom. The van der Waals surface area contributed by atoms with Crippen molar-refractivity contribution in [2.75, 3.05) is 0 Å². The molecule has 4 rings (SSSR count). The average Bonchev–Trinajstić information content (AvgIpc) is 2.86. The van der Waals surface area contributed by atoms with Crippen molar-refractivity contribution in [3.8, 4) is 0 Å². The van der Waals surface area contributed by atoms with Crippen molar-refractivity contribution in [2.24, 2.45) is 29.1 Å². The third-order valence-electron chi connectivity index (χ3n) is 7.49. The molecule has 5 heteroatoms. The van der Waals surface area contributed by atoms with Gasteiger partial charge in [-0.25, -0.2) is 0 Å².